The van der Waals surface area contributed by atoms with Gasteiger partial charge in [0.2, 0.25) is 0 Å². The SMILES string of the molecule is N#Cc1ccc(OCCCC(CC(=O)O)(c2cccnc2)N2CCNC(=O)C2=O)cc1. The van der Waals surface area contributed by atoms with Gasteiger partial charge in [-0.1, -0.05) is 6.07 Å². The molecule has 9 heteroatoms. The van der Waals surface area contributed by atoms with E-state index >= 15 is 0 Å². The van der Waals surface area contributed by atoms with Crippen molar-refractivity contribution in [2.24, 2.45) is 0 Å². The van der Waals surface area contributed by atoms with Gasteiger partial charge in [-0.3, -0.25) is 19.4 Å². The van der Waals surface area contributed by atoms with Crippen LogP contribution in [0.1, 0.15) is 30.4 Å². The molecule has 2 N–H and O–H groups in total. The summed E-state index contributed by atoms with van der Waals surface area (Å²) in [5.74, 6) is -2.02. The molecule has 3 rings (SSSR count). The molecule has 0 aliphatic carbocycles. The number of pyridine rings is 1. The van der Waals surface area contributed by atoms with Crippen LogP contribution in [-0.2, 0) is 19.9 Å². The highest BCUT2D eigenvalue weighted by Crippen LogP contribution is 2.37. The lowest BCUT2D eigenvalue weighted by atomic mass is 9.80. The van der Waals surface area contributed by atoms with Gasteiger partial charge in [0, 0.05) is 25.5 Å². The van der Waals surface area contributed by atoms with Crippen LogP contribution in [-0.4, -0.2) is 52.5 Å². The number of piperazine rings is 1. The normalized spacial score (nSPS) is 15.5. The Morgan fingerprint density at radius 1 is 1.29 bits per heavy atom. The molecule has 0 bridgehead atoms. The van der Waals surface area contributed by atoms with E-state index in [1.54, 1.807) is 42.6 Å². The number of amides is 2. The van der Waals surface area contributed by atoms with Crippen molar-refractivity contribution in [2.45, 2.75) is 24.8 Å². The van der Waals surface area contributed by atoms with E-state index in [9.17, 15) is 19.5 Å². The van der Waals surface area contributed by atoms with Gasteiger partial charge >= 0.3 is 17.8 Å². The van der Waals surface area contributed by atoms with E-state index in [4.69, 9.17) is 10.00 Å². The first-order chi connectivity index (χ1) is 15.0. The Hall–Kier alpha value is -3.93. The zero-order valence-corrected chi connectivity index (χ0v) is 16.8. The van der Waals surface area contributed by atoms with Gasteiger partial charge in [-0.05, 0) is 48.7 Å². The van der Waals surface area contributed by atoms with Crippen LogP contribution in [0, 0.1) is 11.3 Å². The number of benzene rings is 1. The summed E-state index contributed by atoms with van der Waals surface area (Å²) in [6, 6.07) is 12.1. The van der Waals surface area contributed by atoms with Crippen molar-refractivity contribution in [1.82, 2.24) is 15.2 Å². The molecule has 9 nitrogen and oxygen atoms in total. The summed E-state index contributed by atoms with van der Waals surface area (Å²) in [7, 11) is 0. The van der Waals surface area contributed by atoms with Gasteiger partial charge < -0.3 is 20.1 Å². The first-order valence-corrected chi connectivity index (χ1v) is 9.81. The van der Waals surface area contributed by atoms with Crippen LogP contribution in [0.2, 0.25) is 0 Å². The molecule has 0 saturated carbocycles. The Kier molecular flexibility index (Phi) is 6.82. The molecular formula is C22H22N4O5. The predicted molar refractivity (Wildman–Crippen MR) is 109 cm³/mol. The highest BCUT2D eigenvalue weighted by molar-refractivity contribution is 6.35. The number of carbonyl (C=O) groups excluding carboxylic acids is 2. The largest absolute Gasteiger partial charge is 0.494 e. The minimum absolute atomic E-state index is 0.198. The number of carboxylic acid groups (broad SMARTS) is 1. The summed E-state index contributed by atoms with van der Waals surface area (Å²) < 4.78 is 5.72. The summed E-state index contributed by atoms with van der Waals surface area (Å²) in [5, 5.41) is 21.0. The molecular weight excluding hydrogens is 400 g/mol. The van der Waals surface area contributed by atoms with Gasteiger partial charge in [-0.15, -0.1) is 0 Å². The maximum Gasteiger partial charge on any atom is 0.312 e. The van der Waals surface area contributed by atoms with Crippen LogP contribution >= 0.6 is 0 Å². The first kappa shape index (κ1) is 21.8. The number of ether oxygens (including phenoxy) is 1. The van der Waals surface area contributed by atoms with Crippen molar-refractivity contribution in [3.05, 3.63) is 59.9 Å². The summed E-state index contributed by atoms with van der Waals surface area (Å²) in [6.07, 6.45) is 3.42. The second-order valence-corrected chi connectivity index (χ2v) is 7.14. The number of hydrogen-bond acceptors (Lipinski definition) is 6. The lowest BCUT2D eigenvalue weighted by Gasteiger charge is -2.45. The molecule has 1 aromatic carbocycles. The molecule has 1 aliphatic rings. The minimum atomic E-state index is -1.23. The molecule has 0 spiro atoms. The van der Waals surface area contributed by atoms with E-state index in [0.717, 1.165) is 0 Å². The van der Waals surface area contributed by atoms with E-state index in [2.05, 4.69) is 10.3 Å². The second-order valence-electron chi connectivity index (χ2n) is 7.14. The monoisotopic (exact) mass is 422 g/mol. The number of rotatable bonds is 9. The van der Waals surface area contributed by atoms with Crippen molar-refractivity contribution in [2.75, 3.05) is 19.7 Å². The molecule has 1 saturated heterocycles. The van der Waals surface area contributed by atoms with Gasteiger partial charge in [0.05, 0.1) is 30.2 Å². The third kappa shape index (κ3) is 4.98. The molecule has 160 valence electrons. The number of aromatic nitrogens is 1. The lowest BCUT2D eigenvalue weighted by Crippen LogP contribution is -2.60. The fourth-order valence-corrected chi connectivity index (χ4v) is 3.78. The molecule has 2 aromatic rings. The molecule has 1 aromatic heterocycles. The fourth-order valence-electron chi connectivity index (χ4n) is 3.78. The fraction of sp³-hybridized carbons (Fsp3) is 0.318. The zero-order valence-electron chi connectivity index (χ0n) is 16.8. The Morgan fingerprint density at radius 3 is 2.71 bits per heavy atom. The maximum absolute atomic E-state index is 12.7. The quantitative estimate of drug-likeness (QED) is 0.461. The van der Waals surface area contributed by atoms with Crippen LogP contribution in [0.15, 0.2) is 48.8 Å². The van der Waals surface area contributed by atoms with Crippen molar-refractivity contribution in [1.29, 1.82) is 5.26 Å². The van der Waals surface area contributed by atoms with Crippen molar-refractivity contribution in [3.8, 4) is 11.8 Å². The van der Waals surface area contributed by atoms with Crippen LogP contribution < -0.4 is 10.1 Å². The molecule has 2 amide bonds. The molecule has 1 atom stereocenters. The molecule has 31 heavy (non-hydrogen) atoms. The molecule has 1 unspecified atom stereocenters. The van der Waals surface area contributed by atoms with Crippen LogP contribution in [0.4, 0.5) is 0 Å². The van der Waals surface area contributed by atoms with Gasteiger partial charge in [-0.2, -0.15) is 5.26 Å². The maximum atomic E-state index is 12.7. The van der Waals surface area contributed by atoms with E-state index in [0.29, 0.717) is 23.3 Å². The third-order valence-corrected chi connectivity index (χ3v) is 5.21. The number of aliphatic carboxylic acids is 1. The van der Waals surface area contributed by atoms with Crippen LogP contribution in [0.25, 0.3) is 0 Å². The zero-order chi connectivity index (χ0) is 22.3. The second kappa shape index (κ2) is 9.71. The van der Waals surface area contributed by atoms with Gasteiger partial charge in [0.1, 0.15) is 5.75 Å². The molecule has 1 aliphatic heterocycles. The topological polar surface area (TPSA) is 133 Å². The third-order valence-electron chi connectivity index (χ3n) is 5.21. The minimum Gasteiger partial charge on any atom is -0.494 e. The van der Waals surface area contributed by atoms with E-state index in [1.807, 2.05) is 6.07 Å². The Morgan fingerprint density at radius 2 is 2.06 bits per heavy atom. The number of nitrogens with zero attached hydrogens (tertiary/aromatic N) is 3. The molecule has 0 radical (unpaired) electrons. The van der Waals surface area contributed by atoms with Crippen molar-refractivity contribution < 1.29 is 24.2 Å². The number of nitrogens with one attached hydrogen (secondary N) is 1. The number of carbonyl (C=O) groups is 3. The van der Waals surface area contributed by atoms with E-state index in [-0.39, 0.29) is 32.5 Å². The molecule has 1 fully saturated rings. The summed E-state index contributed by atoms with van der Waals surface area (Å²) in [4.78, 5) is 42.0. The number of nitriles is 1. The van der Waals surface area contributed by atoms with Crippen LogP contribution in [0.3, 0.4) is 0 Å². The predicted octanol–water partition coefficient (Wildman–Crippen LogP) is 1.44. The Balaban J connectivity index is 1.83. The van der Waals surface area contributed by atoms with Gasteiger partial charge in [0.25, 0.3) is 0 Å². The standard InChI is InChI=1S/C22H22N4O5/c23-14-16-4-6-18(7-5-16)31-12-2-8-22(13-19(27)28,17-3-1-9-24-15-17)26-11-10-25-20(29)21(26)30/h1,3-7,9,15H,2,8,10-13H2,(H,25,29)(H,27,28). The van der Waals surface area contributed by atoms with Crippen molar-refractivity contribution >= 4 is 17.8 Å². The first-order valence-electron chi connectivity index (χ1n) is 9.81. The Labute approximate surface area is 179 Å². The smallest absolute Gasteiger partial charge is 0.312 e. The number of hydrogen-bond donors (Lipinski definition) is 2. The highest BCUT2D eigenvalue weighted by atomic mass is 16.5. The summed E-state index contributed by atoms with van der Waals surface area (Å²) >= 11 is 0. The Bertz CT molecular complexity index is 987. The number of carboxylic acids is 1. The molecule has 2 heterocycles. The lowest BCUT2D eigenvalue weighted by molar-refractivity contribution is -0.157. The van der Waals surface area contributed by atoms with E-state index < -0.39 is 23.3 Å². The van der Waals surface area contributed by atoms with Gasteiger partial charge in [0.15, 0.2) is 0 Å². The highest BCUT2D eigenvalue weighted by Gasteiger charge is 2.46. The van der Waals surface area contributed by atoms with Crippen LogP contribution in [0.5, 0.6) is 5.75 Å². The average molecular weight is 422 g/mol. The average Bonchev–Trinajstić information content (AvgIpc) is 2.78. The van der Waals surface area contributed by atoms with Crippen molar-refractivity contribution in [3.63, 3.8) is 0 Å². The summed E-state index contributed by atoms with van der Waals surface area (Å²) in [6.45, 7) is 0.707. The van der Waals surface area contributed by atoms with Gasteiger partial charge in [-0.25, -0.2) is 0 Å². The summed E-state index contributed by atoms with van der Waals surface area (Å²) in [5.41, 5.74) is -0.159. The van der Waals surface area contributed by atoms with E-state index in [1.165, 1.54) is 11.1 Å².